The third kappa shape index (κ3) is 4.51. The van der Waals surface area contributed by atoms with Crippen LogP contribution in [0.2, 0.25) is 0 Å². The third-order valence-corrected chi connectivity index (χ3v) is 1.91. The molecule has 0 amide bonds. The molecule has 1 aromatic rings. The van der Waals surface area contributed by atoms with Crippen molar-refractivity contribution in [2.75, 3.05) is 13.7 Å². The summed E-state index contributed by atoms with van der Waals surface area (Å²) in [5.41, 5.74) is 1.11. The molecule has 0 bridgehead atoms. The predicted octanol–water partition coefficient (Wildman–Crippen LogP) is 2.27. The third-order valence-electron chi connectivity index (χ3n) is 1.91. The monoisotopic (exact) mass is 233 g/mol. The van der Waals surface area contributed by atoms with Crippen LogP contribution in [0.1, 0.15) is 12.5 Å². The maximum absolute atomic E-state index is 11.5. The Labute approximate surface area is 101 Å². The van der Waals surface area contributed by atoms with Crippen LogP contribution in [0.25, 0.3) is 6.08 Å². The zero-order valence-corrected chi connectivity index (χ0v) is 9.92. The van der Waals surface area contributed by atoms with E-state index in [0.29, 0.717) is 6.61 Å². The van der Waals surface area contributed by atoms with Crippen LogP contribution < -0.4 is 0 Å². The van der Waals surface area contributed by atoms with E-state index < -0.39 is 5.97 Å². The van der Waals surface area contributed by atoms with E-state index in [1.54, 1.807) is 19.1 Å². The van der Waals surface area contributed by atoms with Crippen LogP contribution in [0.4, 0.5) is 0 Å². The molecule has 4 heteroatoms. The van der Waals surface area contributed by atoms with E-state index in [0.717, 1.165) is 5.56 Å². The van der Waals surface area contributed by atoms with Crippen molar-refractivity contribution in [2.24, 2.45) is 5.16 Å². The molecule has 17 heavy (non-hydrogen) atoms. The number of oxime groups is 1. The molecule has 0 aliphatic heterocycles. The summed E-state index contributed by atoms with van der Waals surface area (Å²) in [4.78, 5) is 16.1. The normalized spacial score (nSPS) is 11.5. The first-order chi connectivity index (χ1) is 8.27. The Kier molecular flexibility index (Phi) is 5.51. The smallest absolute Gasteiger partial charge is 0.360 e. The quantitative estimate of drug-likeness (QED) is 0.445. The van der Waals surface area contributed by atoms with Gasteiger partial charge >= 0.3 is 5.97 Å². The van der Waals surface area contributed by atoms with Crippen molar-refractivity contribution in [1.29, 1.82) is 0 Å². The highest BCUT2D eigenvalue weighted by Gasteiger charge is 2.09. The highest BCUT2D eigenvalue weighted by atomic mass is 16.6. The SMILES string of the molecule is CCOC(=O)C(/C=C/c1ccccc1)=NOC. The lowest BCUT2D eigenvalue weighted by molar-refractivity contribution is -0.135. The average Bonchev–Trinajstić information content (AvgIpc) is 2.36. The Morgan fingerprint density at radius 1 is 1.35 bits per heavy atom. The van der Waals surface area contributed by atoms with Crippen molar-refractivity contribution in [2.45, 2.75) is 6.92 Å². The Morgan fingerprint density at radius 2 is 2.06 bits per heavy atom. The van der Waals surface area contributed by atoms with Gasteiger partial charge in [0.05, 0.1) is 6.61 Å². The first-order valence-electron chi connectivity index (χ1n) is 5.29. The van der Waals surface area contributed by atoms with E-state index >= 15 is 0 Å². The van der Waals surface area contributed by atoms with Gasteiger partial charge in [-0.3, -0.25) is 0 Å². The summed E-state index contributed by atoms with van der Waals surface area (Å²) in [5.74, 6) is -0.499. The lowest BCUT2D eigenvalue weighted by Gasteiger charge is -2.00. The number of rotatable bonds is 5. The molecule has 1 rings (SSSR count). The molecule has 0 aliphatic carbocycles. The summed E-state index contributed by atoms with van der Waals surface area (Å²) < 4.78 is 4.84. The summed E-state index contributed by atoms with van der Waals surface area (Å²) in [6, 6.07) is 9.60. The van der Waals surface area contributed by atoms with Gasteiger partial charge in [0.15, 0.2) is 5.71 Å². The maximum Gasteiger partial charge on any atom is 0.360 e. The Morgan fingerprint density at radius 3 is 2.65 bits per heavy atom. The van der Waals surface area contributed by atoms with Crippen molar-refractivity contribution in [3.8, 4) is 0 Å². The van der Waals surface area contributed by atoms with Crippen LogP contribution in [0.15, 0.2) is 41.6 Å². The summed E-state index contributed by atoms with van der Waals surface area (Å²) >= 11 is 0. The molecule has 0 saturated carbocycles. The molecule has 0 fully saturated rings. The van der Waals surface area contributed by atoms with Crippen molar-refractivity contribution in [3.05, 3.63) is 42.0 Å². The van der Waals surface area contributed by atoms with E-state index in [-0.39, 0.29) is 5.71 Å². The molecule has 0 radical (unpaired) electrons. The van der Waals surface area contributed by atoms with Gasteiger partial charge in [-0.2, -0.15) is 0 Å². The van der Waals surface area contributed by atoms with Gasteiger partial charge in [0.2, 0.25) is 0 Å². The van der Waals surface area contributed by atoms with Gasteiger partial charge in [-0.05, 0) is 18.6 Å². The second kappa shape index (κ2) is 7.22. The van der Waals surface area contributed by atoms with Gasteiger partial charge in [0.1, 0.15) is 7.11 Å². The van der Waals surface area contributed by atoms with Crippen molar-refractivity contribution < 1.29 is 14.4 Å². The highest BCUT2D eigenvalue weighted by molar-refractivity contribution is 6.41. The Hall–Kier alpha value is -2.10. The maximum atomic E-state index is 11.5. The fraction of sp³-hybridized carbons (Fsp3) is 0.231. The number of carbonyl (C=O) groups is 1. The number of benzene rings is 1. The fourth-order valence-corrected chi connectivity index (χ4v) is 1.18. The van der Waals surface area contributed by atoms with Crippen molar-refractivity contribution in [3.63, 3.8) is 0 Å². The molecule has 1 aromatic carbocycles. The zero-order valence-electron chi connectivity index (χ0n) is 9.92. The number of hydrogen-bond acceptors (Lipinski definition) is 4. The van der Waals surface area contributed by atoms with Crippen molar-refractivity contribution >= 4 is 17.8 Å². The van der Waals surface area contributed by atoms with Crippen LogP contribution >= 0.6 is 0 Å². The van der Waals surface area contributed by atoms with Gasteiger partial charge < -0.3 is 9.57 Å². The van der Waals surface area contributed by atoms with Crippen molar-refractivity contribution in [1.82, 2.24) is 0 Å². The molecule has 90 valence electrons. The Balaban J connectivity index is 2.77. The second-order valence-electron chi connectivity index (χ2n) is 3.12. The van der Waals surface area contributed by atoms with Crippen LogP contribution in [-0.4, -0.2) is 25.4 Å². The van der Waals surface area contributed by atoms with E-state index in [2.05, 4.69) is 9.99 Å². The average molecular weight is 233 g/mol. The molecular formula is C13H15NO3. The van der Waals surface area contributed by atoms with Crippen LogP contribution in [0.3, 0.4) is 0 Å². The van der Waals surface area contributed by atoms with Crippen LogP contribution in [-0.2, 0) is 14.4 Å². The summed E-state index contributed by atoms with van der Waals surface area (Å²) in [7, 11) is 1.38. The second-order valence-corrected chi connectivity index (χ2v) is 3.12. The van der Waals surface area contributed by atoms with E-state index in [9.17, 15) is 4.79 Å². The largest absolute Gasteiger partial charge is 0.461 e. The van der Waals surface area contributed by atoms with Gasteiger partial charge in [-0.25, -0.2) is 4.79 Å². The lowest BCUT2D eigenvalue weighted by atomic mass is 10.2. The zero-order chi connectivity index (χ0) is 12.5. The Bertz CT molecular complexity index is 410. The van der Waals surface area contributed by atoms with Crippen LogP contribution in [0.5, 0.6) is 0 Å². The molecule has 4 nitrogen and oxygen atoms in total. The number of esters is 1. The number of nitrogens with zero attached hydrogens (tertiary/aromatic N) is 1. The summed E-state index contributed by atoms with van der Waals surface area (Å²) in [5, 5.41) is 3.61. The minimum absolute atomic E-state index is 0.137. The van der Waals surface area contributed by atoms with Gasteiger partial charge in [-0.15, -0.1) is 0 Å². The topological polar surface area (TPSA) is 47.9 Å². The minimum Gasteiger partial charge on any atom is -0.461 e. The standard InChI is InChI=1S/C13H15NO3/c1-3-17-13(15)12(14-16-2)10-9-11-7-5-4-6-8-11/h4-10H,3H2,1-2H3/b10-9+,14-12?. The molecule has 0 unspecified atom stereocenters. The number of carbonyl (C=O) groups excluding carboxylic acids is 1. The highest BCUT2D eigenvalue weighted by Crippen LogP contribution is 2.02. The van der Waals surface area contributed by atoms with Gasteiger partial charge in [0, 0.05) is 0 Å². The van der Waals surface area contributed by atoms with Gasteiger partial charge in [-0.1, -0.05) is 41.6 Å². The van der Waals surface area contributed by atoms with Crippen LogP contribution in [0, 0.1) is 0 Å². The first-order valence-corrected chi connectivity index (χ1v) is 5.29. The first kappa shape index (κ1) is 13.0. The molecule has 0 aliphatic rings. The molecular weight excluding hydrogens is 218 g/mol. The summed E-state index contributed by atoms with van der Waals surface area (Å²) in [6.45, 7) is 2.05. The van der Waals surface area contributed by atoms with E-state index in [1.165, 1.54) is 7.11 Å². The predicted molar refractivity (Wildman–Crippen MR) is 66.6 cm³/mol. The number of ether oxygens (including phenoxy) is 1. The minimum atomic E-state index is -0.499. The fourth-order valence-electron chi connectivity index (χ4n) is 1.18. The van der Waals surface area contributed by atoms with E-state index in [1.807, 2.05) is 30.3 Å². The number of hydrogen-bond donors (Lipinski definition) is 0. The summed E-state index contributed by atoms with van der Waals surface area (Å²) in [6.07, 6.45) is 3.34. The molecule has 0 heterocycles. The molecule has 0 spiro atoms. The lowest BCUT2D eigenvalue weighted by Crippen LogP contribution is -2.15. The van der Waals surface area contributed by atoms with Gasteiger partial charge in [0.25, 0.3) is 0 Å². The molecule has 0 N–H and O–H groups in total. The van der Waals surface area contributed by atoms with E-state index in [4.69, 9.17) is 4.74 Å². The molecule has 0 saturated heterocycles. The molecule has 0 aromatic heterocycles. The molecule has 0 atom stereocenters.